The van der Waals surface area contributed by atoms with Gasteiger partial charge in [0.05, 0.1) is 10.6 Å². The van der Waals surface area contributed by atoms with Crippen molar-refractivity contribution in [2.45, 2.75) is 44.6 Å². The van der Waals surface area contributed by atoms with Crippen LogP contribution < -0.4 is 5.73 Å². The van der Waals surface area contributed by atoms with Crippen molar-refractivity contribution in [3.05, 3.63) is 28.1 Å². The standard InChI is InChI=1S/C15H18Cl2N2O/c1-2-9-3-5-15(18,6-4-9)14-19-12-8-10(16)7-11(17)13(12)20-14/h7-9H,2-6,18H2,1H3. The molecule has 20 heavy (non-hydrogen) atoms. The second-order valence-electron chi connectivity index (χ2n) is 5.76. The van der Waals surface area contributed by atoms with Crippen LogP contribution in [0, 0.1) is 5.92 Å². The van der Waals surface area contributed by atoms with Gasteiger partial charge >= 0.3 is 0 Å². The quantitative estimate of drug-likeness (QED) is 0.859. The van der Waals surface area contributed by atoms with Gasteiger partial charge in [0.1, 0.15) is 5.52 Å². The predicted octanol–water partition coefficient (Wildman–Crippen LogP) is 4.89. The minimum atomic E-state index is -0.472. The number of rotatable bonds is 2. The highest BCUT2D eigenvalue weighted by atomic mass is 35.5. The molecule has 2 aromatic rings. The zero-order valence-electron chi connectivity index (χ0n) is 11.5. The van der Waals surface area contributed by atoms with Crippen molar-refractivity contribution >= 4 is 34.3 Å². The van der Waals surface area contributed by atoms with Gasteiger partial charge in [-0.2, -0.15) is 0 Å². The van der Waals surface area contributed by atoms with Crippen LogP contribution in [-0.2, 0) is 5.54 Å². The van der Waals surface area contributed by atoms with Crippen molar-refractivity contribution in [1.82, 2.24) is 4.98 Å². The zero-order valence-corrected chi connectivity index (χ0v) is 13.0. The Labute approximate surface area is 128 Å². The molecule has 1 aromatic heterocycles. The lowest BCUT2D eigenvalue weighted by Gasteiger charge is -2.34. The van der Waals surface area contributed by atoms with Crippen molar-refractivity contribution in [2.24, 2.45) is 11.7 Å². The van der Waals surface area contributed by atoms with Gasteiger partial charge in [-0.25, -0.2) is 4.98 Å². The van der Waals surface area contributed by atoms with Crippen LogP contribution in [0.5, 0.6) is 0 Å². The lowest BCUT2D eigenvalue weighted by atomic mass is 9.76. The summed E-state index contributed by atoms with van der Waals surface area (Å²) in [5, 5.41) is 1.04. The van der Waals surface area contributed by atoms with Gasteiger partial charge in [0.15, 0.2) is 5.58 Å². The Kier molecular flexibility index (Phi) is 3.69. The van der Waals surface area contributed by atoms with Crippen LogP contribution in [-0.4, -0.2) is 4.98 Å². The van der Waals surface area contributed by atoms with Crippen LogP contribution in [0.3, 0.4) is 0 Å². The van der Waals surface area contributed by atoms with Crippen LogP contribution in [0.2, 0.25) is 10.0 Å². The summed E-state index contributed by atoms with van der Waals surface area (Å²) in [7, 11) is 0. The molecular formula is C15H18Cl2N2O. The van der Waals surface area contributed by atoms with Crippen molar-refractivity contribution < 1.29 is 4.42 Å². The monoisotopic (exact) mass is 312 g/mol. The van der Waals surface area contributed by atoms with Gasteiger partial charge in [-0.05, 0) is 43.7 Å². The van der Waals surface area contributed by atoms with E-state index >= 15 is 0 Å². The van der Waals surface area contributed by atoms with E-state index in [9.17, 15) is 0 Å². The molecule has 0 radical (unpaired) electrons. The highest BCUT2D eigenvalue weighted by molar-refractivity contribution is 6.37. The van der Waals surface area contributed by atoms with Crippen LogP contribution in [0.25, 0.3) is 11.1 Å². The highest BCUT2D eigenvalue weighted by Gasteiger charge is 2.37. The van der Waals surface area contributed by atoms with Crippen LogP contribution >= 0.6 is 23.2 Å². The Morgan fingerprint density at radius 3 is 2.70 bits per heavy atom. The van der Waals surface area contributed by atoms with E-state index in [0.717, 1.165) is 31.6 Å². The smallest absolute Gasteiger partial charge is 0.215 e. The van der Waals surface area contributed by atoms with E-state index in [2.05, 4.69) is 11.9 Å². The fraction of sp³-hybridized carbons (Fsp3) is 0.533. The number of nitrogens with zero attached hydrogens (tertiary/aromatic N) is 1. The fourth-order valence-electron chi connectivity index (χ4n) is 2.99. The van der Waals surface area contributed by atoms with Gasteiger partial charge in [-0.3, -0.25) is 0 Å². The first-order valence-corrected chi connectivity index (χ1v) is 7.82. The Hall–Kier alpha value is -0.770. The maximum atomic E-state index is 6.52. The molecule has 0 atom stereocenters. The zero-order chi connectivity index (χ0) is 14.3. The molecule has 0 bridgehead atoms. The summed E-state index contributed by atoms with van der Waals surface area (Å²) >= 11 is 12.1. The van der Waals surface area contributed by atoms with Crippen molar-refractivity contribution in [2.75, 3.05) is 0 Å². The number of nitrogens with two attached hydrogens (primary N) is 1. The first-order valence-electron chi connectivity index (χ1n) is 7.07. The first kappa shape index (κ1) is 14.2. The van der Waals surface area contributed by atoms with E-state index in [1.54, 1.807) is 12.1 Å². The largest absolute Gasteiger partial charge is 0.437 e. The molecule has 1 heterocycles. The van der Waals surface area contributed by atoms with Gasteiger partial charge in [0.25, 0.3) is 0 Å². The Morgan fingerprint density at radius 2 is 2.05 bits per heavy atom. The third-order valence-electron chi connectivity index (χ3n) is 4.41. The molecule has 1 saturated carbocycles. The molecule has 1 aliphatic carbocycles. The van der Waals surface area contributed by atoms with Crippen molar-refractivity contribution in [3.63, 3.8) is 0 Å². The van der Waals surface area contributed by atoms with E-state index in [1.165, 1.54) is 6.42 Å². The van der Waals surface area contributed by atoms with Crippen molar-refractivity contribution in [3.8, 4) is 0 Å². The summed E-state index contributed by atoms with van der Waals surface area (Å²) in [5.41, 5.74) is 7.30. The van der Waals surface area contributed by atoms with Crippen LogP contribution in [0.4, 0.5) is 0 Å². The molecule has 0 aliphatic heterocycles. The van der Waals surface area contributed by atoms with E-state index in [4.69, 9.17) is 33.4 Å². The lowest BCUT2D eigenvalue weighted by molar-refractivity contribution is 0.198. The Bertz CT molecular complexity index is 630. The second kappa shape index (κ2) is 5.21. The van der Waals surface area contributed by atoms with E-state index in [-0.39, 0.29) is 0 Å². The maximum absolute atomic E-state index is 6.52. The van der Waals surface area contributed by atoms with Crippen LogP contribution in [0.1, 0.15) is 44.9 Å². The van der Waals surface area contributed by atoms with Gasteiger partial charge in [0, 0.05) is 5.02 Å². The minimum absolute atomic E-state index is 0.472. The molecule has 1 aromatic carbocycles. The van der Waals surface area contributed by atoms with Crippen molar-refractivity contribution in [1.29, 1.82) is 0 Å². The Morgan fingerprint density at radius 1 is 1.35 bits per heavy atom. The molecule has 0 unspecified atom stereocenters. The normalized spacial score (nSPS) is 27.1. The topological polar surface area (TPSA) is 52.0 Å². The molecule has 0 saturated heterocycles. The SMILES string of the molecule is CCC1CCC(N)(c2nc3cc(Cl)cc(Cl)c3o2)CC1. The highest BCUT2D eigenvalue weighted by Crippen LogP contribution is 2.40. The lowest BCUT2D eigenvalue weighted by Crippen LogP contribution is -2.40. The molecular weight excluding hydrogens is 295 g/mol. The minimum Gasteiger partial charge on any atom is -0.437 e. The average molecular weight is 313 g/mol. The van der Waals surface area contributed by atoms with Gasteiger partial charge in [0.2, 0.25) is 5.89 Å². The number of oxazole rings is 1. The third-order valence-corrected chi connectivity index (χ3v) is 4.91. The van der Waals surface area contributed by atoms with Crippen LogP contribution in [0.15, 0.2) is 16.5 Å². The number of hydrogen-bond acceptors (Lipinski definition) is 3. The summed E-state index contributed by atoms with van der Waals surface area (Å²) in [6.45, 7) is 2.23. The number of aromatic nitrogens is 1. The molecule has 2 N–H and O–H groups in total. The molecule has 5 heteroatoms. The molecule has 0 spiro atoms. The molecule has 3 rings (SSSR count). The fourth-order valence-corrected chi connectivity index (χ4v) is 3.51. The van der Waals surface area contributed by atoms with Gasteiger partial charge < -0.3 is 10.2 Å². The summed E-state index contributed by atoms with van der Waals surface area (Å²) in [5.74, 6) is 1.36. The number of hydrogen-bond donors (Lipinski definition) is 1. The average Bonchev–Trinajstić information content (AvgIpc) is 2.84. The number of halogens is 2. The second-order valence-corrected chi connectivity index (χ2v) is 6.61. The number of benzene rings is 1. The molecule has 108 valence electrons. The summed E-state index contributed by atoms with van der Waals surface area (Å²) in [6.07, 6.45) is 5.28. The maximum Gasteiger partial charge on any atom is 0.215 e. The summed E-state index contributed by atoms with van der Waals surface area (Å²) < 4.78 is 5.84. The number of fused-ring (bicyclic) bond motifs is 1. The predicted molar refractivity (Wildman–Crippen MR) is 82.1 cm³/mol. The molecule has 3 nitrogen and oxygen atoms in total. The van der Waals surface area contributed by atoms with E-state index in [1.807, 2.05) is 0 Å². The first-order chi connectivity index (χ1) is 9.51. The molecule has 1 aliphatic rings. The molecule has 0 amide bonds. The third kappa shape index (κ3) is 2.43. The van der Waals surface area contributed by atoms with Gasteiger partial charge in [-0.1, -0.05) is 36.5 Å². The van der Waals surface area contributed by atoms with E-state index in [0.29, 0.717) is 27.0 Å². The van der Waals surface area contributed by atoms with E-state index < -0.39 is 5.54 Å². The summed E-state index contributed by atoms with van der Waals surface area (Å²) in [6, 6.07) is 3.42. The van der Waals surface area contributed by atoms with Gasteiger partial charge in [-0.15, -0.1) is 0 Å². The molecule has 1 fully saturated rings. The summed E-state index contributed by atoms with van der Waals surface area (Å²) in [4.78, 5) is 4.52. The Balaban J connectivity index is 1.96.